The van der Waals surface area contributed by atoms with Crippen LogP contribution in [0.15, 0.2) is 0 Å². The Morgan fingerprint density at radius 3 is 2.30 bits per heavy atom. The molecule has 0 aromatic rings. The third-order valence-electron chi connectivity index (χ3n) is 3.56. The fourth-order valence-electron chi connectivity index (χ4n) is 2.06. The van der Waals surface area contributed by atoms with Crippen molar-refractivity contribution in [2.75, 3.05) is 13.7 Å². The van der Waals surface area contributed by atoms with Gasteiger partial charge in [-0.25, -0.2) is 4.79 Å². The second kappa shape index (κ2) is 5.59. The third kappa shape index (κ3) is 3.41. The molecule has 0 aliphatic carbocycles. The fraction of sp³-hybridized carbons (Fsp3) is 0.833. The second-order valence-corrected chi connectivity index (χ2v) is 5.55. The molecule has 0 aromatic heterocycles. The predicted octanol–water partition coefficient (Wildman–Crippen LogP) is 1.67. The predicted molar refractivity (Wildman–Crippen MR) is 63.0 cm³/mol. The Bertz CT molecular complexity index is 395. The number of methoxy groups -OCH3 is 1. The number of halogens is 3. The van der Waals surface area contributed by atoms with Gasteiger partial charge in [-0.05, 0) is 0 Å². The van der Waals surface area contributed by atoms with Gasteiger partial charge < -0.3 is 14.7 Å². The molecule has 1 heterocycles. The summed E-state index contributed by atoms with van der Waals surface area (Å²) in [5.41, 5.74) is -2.20. The van der Waals surface area contributed by atoms with Gasteiger partial charge in [0.15, 0.2) is 0 Å². The first kappa shape index (κ1) is 16.7. The van der Waals surface area contributed by atoms with Crippen LogP contribution in [0, 0.1) is 5.41 Å². The standard InChI is InChI=1S/C12H18F3NO4/c1-11(2,12(13,14)15)5-9(17)16-6-7(20-3)4-8(16)10(18)19/h7-8H,4-6H2,1-3H3,(H,18,19). The molecule has 1 saturated heterocycles. The molecule has 1 amide bonds. The van der Waals surface area contributed by atoms with Crippen LogP contribution in [0.1, 0.15) is 26.7 Å². The molecule has 8 heteroatoms. The monoisotopic (exact) mass is 297 g/mol. The highest BCUT2D eigenvalue weighted by atomic mass is 19.4. The van der Waals surface area contributed by atoms with Crippen LogP contribution in [-0.2, 0) is 14.3 Å². The van der Waals surface area contributed by atoms with Gasteiger partial charge in [-0.3, -0.25) is 4.79 Å². The molecule has 20 heavy (non-hydrogen) atoms. The van der Waals surface area contributed by atoms with Crippen molar-refractivity contribution in [1.82, 2.24) is 4.90 Å². The molecule has 0 bridgehead atoms. The number of hydrogen-bond acceptors (Lipinski definition) is 3. The van der Waals surface area contributed by atoms with Crippen LogP contribution in [0.5, 0.6) is 0 Å². The van der Waals surface area contributed by atoms with Crippen molar-refractivity contribution in [3.63, 3.8) is 0 Å². The molecule has 5 nitrogen and oxygen atoms in total. The van der Waals surface area contributed by atoms with E-state index in [1.165, 1.54) is 7.11 Å². The quantitative estimate of drug-likeness (QED) is 0.857. The van der Waals surface area contributed by atoms with E-state index in [2.05, 4.69) is 0 Å². The van der Waals surface area contributed by atoms with Crippen LogP contribution in [-0.4, -0.2) is 53.9 Å². The first-order valence-electron chi connectivity index (χ1n) is 6.11. The van der Waals surface area contributed by atoms with Crippen molar-refractivity contribution < 1.29 is 32.6 Å². The average Bonchev–Trinajstić information content (AvgIpc) is 2.70. The van der Waals surface area contributed by atoms with Gasteiger partial charge in [0.05, 0.1) is 11.5 Å². The van der Waals surface area contributed by atoms with E-state index in [0.29, 0.717) is 0 Å². The molecular weight excluding hydrogens is 279 g/mol. The summed E-state index contributed by atoms with van der Waals surface area (Å²) in [5.74, 6) is -2.05. The zero-order valence-electron chi connectivity index (χ0n) is 11.5. The summed E-state index contributed by atoms with van der Waals surface area (Å²) in [6.07, 6.45) is -5.68. The summed E-state index contributed by atoms with van der Waals surface area (Å²) in [6.45, 7) is 1.84. The van der Waals surface area contributed by atoms with Crippen molar-refractivity contribution in [1.29, 1.82) is 0 Å². The topological polar surface area (TPSA) is 66.8 Å². The first-order valence-corrected chi connectivity index (χ1v) is 6.11. The summed E-state index contributed by atoms with van der Waals surface area (Å²) in [4.78, 5) is 24.0. The van der Waals surface area contributed by atoms with E-state index >= 15 is 0 Å². The van der Waals surface area contributed by atoms with Crippen molar-refractivity contribution in [2.24, 2.45) is 5.41 Å². The summed E-state index contributed by atoms with van der Waals surface area (Å²) >= 11 is 0. The third-order valence-corrected chi connectivity index (χ3v) is 3.56. The molecule has 1 fully saturated rings. The molecule has 2 atom stereocenters. The maximum Gasteiger partial charge on any atom is 0.394 e. The Kier molecular flexibility index (Phi) is 4.68. The van der Waals surface area contributed by atoms with Crippen molar-refractivity contribution in [3.05, 3.63) is 0 Å². The van der Waals surface area contributed by atoms with Gasteiger partial charge >= 0.3 is 12.1 Å². The van der Waals surface area contributed by atoms with Gasteiger partial charge in [-0.15, -0.1) is 0 Å². The molecule has 0 saturated carbocycles. The highest BCUT2D eigenvalue weighted by molar-refractivity contribution is 5.84. The number of likely N-dealkylation sites (tertiary alicyclic amines) is 1. The number of nitrogens with zero attached hydrogens (tertiary/aromatic N) is 1. The lowest BCUT2D eigenvalue weighted by Crippen LogP contribution is -2.44. The van der Waals surface area contributed by atoms with Crippen molar-refractivity contribution in [2.45, 2.75) is 45.0 Å². The average molecular weight is 297 g/mol. The number of carbonyl (C=O) groups excluding carboxylic acids is 1. The van der Waals surface area contributed by atoms with Crippen molar-refractivity contribution >= 4 is 11.9 Å². The van der Waals surface area contributed by atoms with Crippen LogP contribution in [0.3, 0.4) is 0 Å². The molecule has 2 unspecified atom stereocenters. The maximum atomic E-state index is 12.8. The number of aliphatic carboxylic acids is 1. The molecule has 1 rings (SSSR count). The Labute approximate surface area is 114 Å². The summed E-state index contributed by atoms with van der Waals surface area (Å²) in [5, 5.41) is 9.03. The smallest absolute Gasteiger partial charge is 0.394 e. The van der Waals surface area contributed by atoms with E-state index in [0.717, 1.165) is 18.7 Å². The molecule has 0 aromatic carbocycles. The zero-order valence-corrected chi connectivity index (χ0v) is 11.5. The number of carbonyl (C=O) groups is 2. The lowest BCUT2D eigenvalue weighted by molar-refractivity contribution is -0.215. The Balaban J connectivity index is 2.83. The minimum atomic E-state index is -4.53. The second-order valence-electron chi connectivity index (χ2n) is 5.55. The van der Waals surface area contributed by atoms with E-state index in [4.69, 9.17) is 9.84 Å². The van der Waals surface area contributed by atoms with Crippen LogP contribution in [0.25, 0.3) is 0 Å². The normalized spacial score (nSPS) is 24.0. The Morgan fingerprint density at radius 2 is 1.90 bits per heavy atom. The van der Waals surface area contributed by atoms with E-state index < -0.39 is 42.0 Å². The number of alkyl halides is 3. The molecule has 1 aliphatic rings. The van der Waals surface area contributed by atoms with Crippen LogP contribution in [0.2, 0.25) is 0 Å². The summed E-state index contributed by atoms with van der Waals surface area (Å²) < 4.78 is 43.3. The molecule has 1 aliphatic heterocycles. The van der Waals surface area contributed by atoms with Crippen molar-refractivity contribution in [3.8, 4) is 0 Å². The van der Waals surface area contributed by atoms with Crippen LogP contribution in [0.4, 0.5) is 13.2 Å². The number of carboxylic acids is 1. The van der Waals surface area contributed by atoms with Crippen LogP contribution < -0.4 is 0 Å². The summed E-state index contributed by atoms with van der Waals surface area (Å²) in [7, 11) is 1.37. The van der Waals surface area contributed by atoms with Gasteiger partial charge in [0.1, 0.15) is 6.04 Å². The maximum absolute atomic E-state index is 12.8. The number of rotatable bonds is 4. The lowest BCUT2D eigenvalue weighted by Gasteiger charge is -2.30. The number of amides is 1. The van der Waals surface area contributed by atoms with Crippen LogP contribution >= 0.6 is 0 Å². The Morgan fingerprint density at radius 1 is 1.35 bits per heavy atom. The zero-order chi connectivity index (χ0) is 15.7. The van der Waals surface area contributed by atoms with E-state index in [1.807, 2.05) is 0 Å². The number of carboxylic acid groups (broad SMARTS) is 1. The van der Waals surface area contributed by atoms with Gasteiger partial charge in [0.2, 0.25) is 5.91 Å². The van der Waals surface area contributed by atoms with Gasteiger partial charge in [-0.2, -0.15) is 13.2 Å². The number of hydrogen-bond donors (Lipinski definition) is 1. The van der Waals surface area contributed by atoms with Gasteiger partial charge in [0, 0.05) is 26.5 Å². The fourth-order valence-corrected chi connectivity index (χ4v) is 2.06. The molecule has 0 radical (unpaired) electrons. The first-order chi connectivity index (χ1) is 8.99. The summed E-state index contributed by atoms with van der Waals surface area (Å²) in [6, 6.07) is -1.13. The molecule has 0 spiro atoms. The highest BCUT2D eigenvalue weighted by Crippen LogP contribution is 2.41. The highest BCUT2D eigenvalue weighted by Gasteiger charge is 2.50. The Hall–Kier alpha value is -1.31. The van der Waals surface area contributed by atoms with E-state index in [9.17, 15) is 22.8 Å². The van der Waals surface area contributed by atoms with Gasteiger partial charge in [0.25, 0.3) is 0 Å². The largest absolute Gasteiger partial charge is 0.480 e. The van der Waals surface area contributed by atoms with E-state index in [1.54, 1.807) is 0 Å². The number of ether oxygens (including phenoxy) is 1. The SMILES string of the molecule is COC1CC(C(=O)O)N(C(=O)CC(C)(C)C(F)(F)F)C1. The molecular formula is C12H18F3NO4. The minimum absolute atomic E-state index is 0.000235. The minimum Gasteiger partial charge on any atom is -0.480 e. The molecule has 1 N–H and O–H groups in total. The van der Waals surface area contributed by atoms with E-state index in [-0.39, 0.29) is 13.0 Å². The molecule has 116 valence electrons. The lowest BCUT2D eigenvalue weighted by atomic mass is 9.88. The van der Waals surface area contributed by atoms with Gasteiger partial charge in [-0.1, -0.05) is 13.8 Å².